The van der Waals surface area contributed by atoms with Crippen molar-refractivity contribution in [3.63, 3.8) is 0 Å². The number of urea groups is 1. The molecule has 1 aromatic heterocycles. The Morgan fingerprint density at radius 1 is 1.30 bits per heavy atom. The number of rotatable bonds is 6. The van der Waals surface area contributed by atoms with E-state index >= 15 is 0 Å². The van der Waals surface area contributed by atoms with Gasteiger partial charge in [0.2, 0.25) is 0 Å². The zero-order valence-electron chi connectivity index (χ0n) is 11.3. The van der Waals surface area contributed by atoms with Crippen LogP contribution in [0.25, 0.3) is 0 Å². The lowest BCUT2D eigenvalue weighted by molar-refractivity contribution is 0.0690. The molecule has 0 aliphatic heterocycles. The van der Waals surface area contributed by atoms with Crippen LogP contribution in [0, 0.1) is 5.92 Å². The van der Waals surface area contributed by atoms with Crippen molar-refractivity contribution in [2.24, 2.45) is 5.92 Å². The maximum absolute atomic E-state index is 11.5. The molecule has 0 radical (unpaired) electrons. The molecule has 1 aliphatic rings. The van der Waals surface area contributed by atoms with Gasteiger partial charge in [-0.25, -0.2) is 14.6 Å². The number of carboxylic acids is 1. The van der Waals surface area contributed by atoms with Gasteiger partial charge in [-0.2, -0.15) is 0 Å². The summed E-state index contributed by atoms with van der Waals surface area (Å²) in [5.74, 6) is -0.277. The molecule has 0 aromatic carbocycles. The molecular weight excluding hydrogens is 258 g/mol. The molecule has 1 fully saturated rings. The topological polar surface area (TPSA) is 91.3 Å². The molecule has 20 heavy (non-hydrogen) atoms. The fourth-order valence-corrected chi connectivity index (χ4v) is 2.07. The highest BCUT2D eigenvalue weighted by molar-refractivity contribution is 5.85. The summed E-state index contributed by atoms with van der Waals surface area (Å²) in [4.78, 5) is 26.0. The summed E-state index contributed by atoms with van der Waals surface area (Å²) >= 11 is 0. The standard InChI is InChI=1S/C14H19N3O3/c18-13(19)12-5-4-11(8-16-12)9-17-14(20)15-7-6-10-2-1-3-10/h4-5,8,10H,1-3,6-7,9H2,(H,18,19)(H2,15,17,20). The number of hydrogen-bond acceptors (Lipinski definition) is 3. The fourth-order valence-electron chi connectivity index (χ4n) is 2.07. The van der Waals surface area contributed by atoms with Crippen LogP contribution in [0.4, 0.5) is 4.79 Å². The zero-order valence-corrected chi connectivity index (χ0v) is 11.3. The number of pyridine rings is 1. The third kappa shape index (κ3) is 4.22. The lowest BCUT2D eigenvalue weighted by Crippen LogP contribution is -2.36. The molecule has 108 valence electrons. The van der Waals surface area contributed by atoms with E-state index in [9.17, 15) is 9.59 Å². The van der Waals surface area contributed by atoms with E-state index in [0.29, 0.717) is 13.1 Å². The molecule has 6 nitrogen and oxygen atoms in total. The van der Waals surface area contributed by atoms with Crippen LogP contribution < -0.4 is 10.6 Å². The number of aromatic carboxylic acids is 1. The second kappa shape index (κ2) is 6.88. The number of nitrogens with one attached hydrogen (secondary N) is 2. The van der Waals surface area contributed by atoms with Crippen LogP contribution in [0.1, 0.15) is 41.7 Å². The quantitative estimate of drug-likeness (QED) is 0.739. The highest BCUT2D eigenvalue weighted by Gasteiger charge is 2.16. The van der Waals surface area contributed by atoms with Crippen LogP contribution in [0.5, 0.6) is 0 Å². The van der Waals surface area contributed by atoms with Crippen LogP contribution in [-0.2, 0) is 6.54 Å². The minimum atomic E-state index is -1.06. The van der Waals surface area contributed by atoms with Crippen LogP contribution >= 0.6 is 0 Å². The van der Waals surface area contributed by atoms with Crippen LogP contribution in [0.3, 0.4) is 0 Å². The van der Waals surface area contributed by atoms with Crippen molar-refractivity contribution < 1.29 is 14.7 Å². The molecule has 0 unspecified atom stereocenters. The van der Waals surface area contributed by atoms with E-state index < -0.39 is 5.97 Å². The maximum Gasteiger partial charge on any atom is 0.354 e. The van der Waals surface area contributed by atoms with E-state index in [1.807, 2.05) is 0 Å². The predicted octanol–water partition coefficient (Wildman–Crippen LogP) is 1.77. The Bertz CT molecular complexity index is 469. The molecular formula is C14H19N3O3. The first-order chi connectivity index (χ1) is 9.65. The molecule has 1 heterocycles. The summed E-state index contributed by atoms with van der Waals surface area (Å²) in [5, 5.41) is 14.3. The van der Waals surface area contributed by atoms with Crippen molar-refractivity contribution in [1.29, 1.82) is 0 Å². The maximum atomic E-state index is 11.5. The monoisotopic (exact) mass is 277 g/mol. The molecule has 3 N–H and O–H groups in total. The Kier molecular flexibility index (Phi) is 4.92. The number of hydrogen-bond donors (Lipinski definition) is 3. The summed E-state index contributed by atoms with van der Waals surface area (Å²) in [6.07, 6.45) is 6.38. The highest BCUT2D eigenvalue weighted by Crippen LogP contribution is 2.28. The summed E-state index contributed by atoms with van der Waals surface area (Å²) < 4.78 is 0. The van der Waals surface area contributed by atoms with Gasteiger partial charge in [-0.05, 0) is 24.0 Å². The van der Waals surface area contributed by atoms with Crippen molar-refractivity contribution in [2.45, 2.75) is 32.2 Å². The van der Waals surface area contributed by atoms with Gasteiger partial charge in [-0.3, -0.25) is 0 Å². The first kappa shape index (κ1) is 14.3. The Labute approximate surface area is 117 Å². The minimum absolute atomic E-state index is 0.00120. The SMILES string of the molecule is O=C(NCCC1CCC1)NCc1ccc(C(=O)O)nc1. The lowest BCUT2D eigenvalue weighted by Gasteiger charge is -2.25. The van der Waals surface area contributed by atoms with Gasteiger partial charge in [-0.1, -0.05) is 25.3 Å². The average Bonchev–Trinajstić information content (AvgIpc) is 2.39. The summed E-state index contributed by atoms with van der Waals surface area (Å²) in [7, 11) is 0. The van der Waals surface area contributed by atoms with E-state index in [2.05, 4.69) is 15.6 Å². The van der Waals surface area contributed by atoms with E-state index in [0.717, 1.165) is 17.9 Å². The molecule has 0 bridgehead atoms. The Morgan fingerprint density at radius 3 is 2.65 bits per heavy atom. The summed E-state index contributed by atoms with van der Waals surface area (Å²) in [6, 6.07) is 2.87. The molecule has 0 atom stereocenters. The zero-order chi connectivity index (χ0) is 14.4. The fraction of sp³-hybridized carbons (Fsp3) is 0.500. The number of carbonyl (C=O) groups excluding carboxylic acids is 1. The van der Waals surface area contributed by atoms with Gasteiger partial charge in [0.05, 0.1) is 0 Å². The van der Waals surface area contributed by atoms with Gasteiger partial charge >= 0.3 is 12.0 Å². The van der Waals surface area contributed by atoms with Crippen LogP contribution in [0.15, 0.2) is 18.3 Å². The van der Waals surface area contributed by atoms with Crippen LogP contribution in [0.2, 0.25) is 0 Å². The van der Waals surface area contributed by atoms with E-state index in [1.165, 1.54) is 31.5 Å². The van der Waals surface area contributed by atoms with E-state index in [4.69, 9.17) is 5.11 Å². The molecule has 0 saturated heterocycles. The number of amides is 2. The highest BCUT2D eigenvalue weighted by atomic mass is 16.4. The average molecular weight is 277 g/mol. The first-order valence-electron chi connectivity index (χ1n) is 6.85. The molecule has 0 spiro atoms. The van der Waals surface area contributed by atoms with Gasteiger partial charge in [0.15, 0.2) is 0 Å². The number of nitrogens with zero attached hydrogens (tertiary/aromatic N) is 1. The van der Waals surface area contributed by atoms with Gasteiger partial charge < -0.3 is 15.7 Å². The molecule has 2 rings (SSSR count). The van der Waals surface area contributed by atoms with Crippen molar-refractivity contribution in [3.8, 4) is 0 Å². The van der Waals surface area contributed by atoms with Crippen molar-refractivity contribution in [2.75, 3.05) is 6.54 Å². The smallest absolute Gasteiger partial charge is 0.354 e. The number of aromatic nitrogens is 1. The Morgan fingerprint density at radius 2 is 2.10 bits per heavy atom. The third-order valence-corrected chi connectivity index (χ3v) is 3.56. The second-order valence-corrected chi connectivity index (χ2v) is 5.05. The molecule has 2 amide bonds. The summed E-state index contributed by atoms with van der Waals surface area (Å²) in [5.41, 5.74) is 0.767. The third-order valence-electron chi connectivity index (χ3n) is 3.56. The summed E-state index contributed by atoms with van der Waals surface area (Å²) in [6.45, 7) is 1.04. The first-order valence-corrected chi connectivity index (χ1v) is 6.85. The Balaban J connectivity index is 1.65. The van der Waals surface area contributed by atoms with Gasteiger partial charge in [0, 0.05) is 19.3 Å². The van der Waals surface area contributed by atoms with E-state index in [1.54, 1.807) is 6.07 Å². The molecule has 1 aromatic rings. The number of carbonyl (C=O) groups is 2. The van der Waals surface area contributed by atoms with Gasteiger partial charge in [-0.15, -0.1) is 0 Å². The normalized spacial score (nSPS) is 14.4. The largest absolute Gasteiger partial charge is 0.477 e. The second-order valence-electron chi connectivity index (χ2n) is 5.05. The molecule has 6 heteroatoms. The Hall–Kier alpha value is -2.11. The van der Waals surface area contributed by atoms with Gasteiger partial charge in [0.25, 0.3) is 0 Å². The van der Waals surface area contributed by atoms with E-state index in [-0.39, 0.29) is 11.7 Å². The van der Waals surface area contributed by atoms with Gasteiger partial charge in [0.1, 0.15) is 5.69 Å². The van der Waals surface area contributed by atoms with Crippen LogP contribution in [-0.4, -0.2) is 28.6 Å². The number of carboxylic acid groups (broad SMARTS) is 1. The van der Waals surface area contributed by atoms with Crippen molar-refractivity contribution in [3.05, 3.63) is 29.6 Å². The van der Waals surface area contributed by atoms with Crippen molar-refractivity contribution >= 4 is 12.0 Å². The molecule has 1 aliphatic carbocycles. The predicted molar refractivity (Wildman–Crippen MR) is 73.4 cm³/mol. The lowest BCUT2D eigenvalue weighted by atomic mass is 9.83. The molecule has 1 saturated carbocycles. The van der Waals surface area contributed by atoms with Crippen molar-refractivity contribution in [1.82, 2.24) is 15.6 Å². The minimum Gasteiger partial charge on any atom is -0.477 e.